The summed E-state index contributed by atoms with van der Waals surface area (Å²) in [7, 11) is 0. The van der Waals surface area contributed by atoms with E-state index in [0.29, 0.717) is 12.1 Å². The molecule has 1 aromatic heterocycles. The molecule has 5 heteroatoms. The molecule has 0 aliphatic heterocycles. The van der Waals surface area contributed by atoms with E-state index in [-0.39, 0.29) is 23.8 Å². The van der Waals surface area contributed by atoms with E-state index < -0.39 is 5.97 Å². The predicted molar refractivity (Wildman–Crippen MR) is 94.5 cm³/mol. The molecule has 0 fully saturated rings. The number of carboxylic acids is 1. The second kappa shape index (κ2) is 8.92. The minimum Gasteiger partial charge on any atom is -1.00 e. The molecule has 0 aliphatic carbocycles. The summed E-state index contributed by atoms with van der Waals surface area (Å²) in [6, 6.07) is 17.4. The molecule has 0 radical (unpaired) electrons. The topological polar surface area (TPSA) is 41.2 Å². The first-order valence-electron chi connectivity index (χ1n) is 7.86. The maximum atomic E-state index is 13.6. The Bertz CT molecular complexity index is 906. The number of benzene rings is 2. The van der Waals surface area contributed by atoms with E-state index in [4.69, 9.17) is 5.11 Å². The lowest BCUT2D eigenvalue weighted by atomic mass is 10.1. The van der Waals surface area contributed by atoms with E-state index >= 15 is 0 Å². The number of pyridine rings is 1. The molecular formula is C21H17ClFNO2. The minimum atomic E-state index is -0.926. The summed E-state index contributed by atoms with van der Waals surface area (Å²) >= 11 is 0. The largest absolute Gasteiger partial charge is 1.00 e. The molecule has 26 heavy (non-hydrogen) atoms. The summed E-state index contributed by atoms with van der Waals surface area (Å²) in [4.78, 5) is 10.9. The van der Waals surface area contributed by atoms with Crippen molar-refractivity contribution in [1.29, 1.82) is 0 Å². The third kappa shape index (κ3) is 5.01. The molecule has 0 saturated heterocycles. The van der Waals surface area contributed by atoms with Crippen LogP contribution in [0.2, 0.25) is 0 Å². The molecule has 132 valence electrons. The van der Waals surface area contributed by atoms with Crippen LogP contribution in [0.15, 0.2) is 73.1 Å². The van der Waals surface area contributed by atoms with Crippen molar-refractivity contribution in [2.75, 3.05) is 0 Å². The summed E-state index contributed by atoms with van der Waals surface area (Å²) in [6.45, 7) is 0.650. The van der Waals surface area contributed by atoms with Gasteiger partial charge in [-0.25, -0.2) is 13.8 Å². The van der Waals surface area contributed by atoms with Gasteiger partial charge in [0.25, 0.3) is 0 Å². The van der Waals surface area contributed by atoms with Gasteiger partial charge in [-0.3, -0.25) is 0 Å². The monoisotopic (exact) mass is 369 g/mol. The first-order chi connectivity index (χ1) is 12.1. The Hall–Kier alpha value is -2.98. The number of carbonyl (C=O) groups is 1. The zero-order valence-electron chi connectivity index (χ0n) is 13.8. The molecule has 3 nitrogen and oxygen atoms in total. The fraction of sp³-hybridized carbons (Fsp3) is 0.0476. The molecule has 0 amide bonds. The van der Waals surface area contributed by atoms with Crippen LogP contribution in [-0.4, -0.2) is 11.1 Å². The standard InChI is InChI=1S/C21H16FNO2.ClH/c22-20-4-2-1-3-18(20)8-5-16-11-13-23(14-12-16)15-17-6-9-19(10-7-17)21(24)25;/h1-14H,15H2;1H/b8-5-;. The zero-order chi connectivity index (χ0) is 17.6. The molecule has 0 atom stereocenters. The van der Waals surface area contributed by atoms with Gasteiger partial charge in [0.2, 0.25) is 0 Å². The maximum Gasteiger partial charge on any atom is 0.335 e. The molecular weight excluding hydrogens is 353 g/mol. The average molecular weight is 370 g/mol. The van der Waals surface area contributed by atoms with Gasteiger partial charge in [-0.05, 0) is 23.8 Å². The predicted octanol–water partition coefficient (Wildman–Crippen LogP) is 1.03. The number of nitrogens with zero attached hydrogens (tertiary/aromatic N) is 1. The Kier molecular flexibility index (Phi) is 6.64. The average Bonchev–Trinajstić information content (AvgIpc) is 2.63. The van der Waals surface area contributed by atoms with Crippen molar-refractivity contribution in [3.63, 3.8) is 0 Å². The fourth-order valence-corrected chi connectivity index (χ4v) is 2.45. The Morgan fingerprint density at radius 3 is 2.23 bits per heavy atom. The molecule has 2 aromatic carbocycles. The highest BCUT2D eigenvalue weighted by Crippen LogP contribution is 2.11. The number of carboxylic acid groups (broad SMARTS) is 1. The zero-order valence-corrected chi connectivity index (χ0v) is 14.6. The van der Waals surface area contributed by atoms with Crippen LogP contribution >= 0.6 is 0 Å². The van der Waals surface area contributed by atoms with Gasteiger partial charge >= 0.3 is 5.97 Å². The number of hydrogen-bond donors (Lipinski definition) is 1. The van der Waals surface area contributed by atoms with Gasteiger partial charge in [-0.1, -0.05) is 42.5 Å². The third-order valence-electron chi connectivity index (χ3n) is 3.84. The van der Waals surface area contributed by atoms with Crippen LogP contribution in [0.1, 0.15) is 27.0 Å². The van der Waals surface area contributed by atoms with Crippen LogP contribution in [-0.2, 0) is 6.54 Å². The fourth-order valence-electron chi connectivity index (χ4n) is 2.45. The van der Waals surface area contributed by atoms with E-state index in [1.807, 2.05) is 47.3 Å². The lowest BCUT2D eigenvalue weighted by molar-refractivity contribution is -0.688. The number of halogens is 2. The maximum absolute atomic E-state index is 13.6. The van der Waals surface area contributed by atoms with Crippen molar-refractivity contribution in [3.8, 4) is 0 Å². The van der Waals surface area contributed by atoms with Crippen molar-refractivity contribution in [2.24, 2.45) is 0 Å². The van der Waals surface area contributed by atoms with Crippen LogP contribution in [0.4, 0.5) is 4.39 Å². The first kappa shape index (κ1) is 19.3. The van der Waals surface area contributed by atoms with Gasteiger partial charge in [-0.15, -0.1) is 0 Å². The van der Waals surface area contributed by atoms with Crippen LogP contribution in [0.5, 0.6) is 0 Å². The van der Waals surface area contributed by atoms with E-state index in [1.54, 1.807) is 36.4 Å². The Morgan fingerprint density at radius 1 is 0.962 bits per heavy atom. The van der Waals surface area contributed by atoms with Crippen molar-refractivity contribution >= 4 is 18.1 Å². The van der Waals surface area contributed by atoms with E-state index in [2.05, 4.69) is 0 Å². The van der Waals surface area contributed by atoms with Gasteiger partial charge in [0.05, 0.1) is 5.56 Å². The molecule has 0 aliphatic rings. The quantitative estimate of drug-likeness (QED) is 0.683. The number of rotatable bonds is 5. The van der Waals surface area contributed by atoms with Gasteiger partial charge in [0.1, 0.15) is 5.82 Å². The van der Waals surface area contributed by atoms with Crippen molar-refractivity contribution in [2.45, 2.75) is 6.54 Å². The van der Waals surface area contributed by atoms with Crippen LogP contribution in [0.25, 0.3) is 12.2 Å². The number of hydrogen-bond acceptors (Lipinski definition) is 1. The van der Waals surface area contributed by atoms with Gasteiger partial charge in [-0.2, -0.15) is 0 Å². The smallest absolute Gasteiger partial charge is 0.335 e. The Balaban J connectivity index is 0.00000243. The second-order valence-corrected chi connectivity index (χ2v) is 5.66. The van der Waals surface area contributed by atoms with Crippen molar-refractivity contribution in [1.82, 2.24) is 0 Å². The normalized spacial score (nSPS) is 10.5. The third-order valence-corrected chi connectivity index (χ3v) is 3.84. The first-order valence-corrected chi connectivity index (χ1v) is 7.86. The van der Waals surface area contributed by atoms with Crippen LogP contribution in [0, 0.1) is 5.82 Å². The Labute approximate surface area is 157 Å². The second-order valence-electron chi connectivity index (χ2n) is 5.66. The Morgan fingerprint density at radius 2 is 1.62 bits per heavy atom. The molecule has 0 saturated carbocycles. The number of aromatic nitrogens is 1. The van der Waals surface area contributed by atoms with Gasteiger partial charge in [0, 0.05) is 23.3 Å². The van der Waals surface area contributed by atoms with Gasteiger partial charge < -0.3 is 17.5 Å². The van der Waals surface area contributed by atoms with Crippen molar-refractivity contribution in [3.05, 3.63) is 101 Å². The van der Waals surface area contributed by atoms with Crippen LogP contribution in [0.3, 0.4) is 0 Å². The molecule has 0 spiro atoms. The van der Waals surface area contributed by atoms with E-state index in [0.717, 1.165) is 11.1 Å². The van der Waals surface area contributed by atoms with Crippen molar-refractivity contribution < 1.29 is 31.3 Å². The molecule has 1 heterocycles. The molecule has 3 aromatic rings. The summed E-state index contributed by atoms with van der Waals surface area (Å²) in [5.74, 6) is -1.17. The van der Waals surface area contributed by atoms with Crippen LogP contribution < -0.4 is 17.0 Å². The number of aromatic carboxylic acids is 1. The minimum absolute atomic E-state index is 0. The lowest BCUT2D eigenvalue weighted by Crippen LogP contribution is -3.00. The summed E-state index contributed by atoms with van der Waals surface area (Å²) < 4.78 is 15.6. The molecule has 0 unspecified atom stereocenters. The molecule has 3 rings (SSSR count). The van der Waals surface area contributed by atoms with E-state index in [1.165, 1.54) is 6.07 Å². The summed E-state index contributed by atoms with van der Waals surface area (Å²) in [5, 5.41) is 8.91. The van der Waals surface area contributed by atoms with Gasteiger partial charge in [0.15, 0.2) is 18.9 Å². The highest BCUT2D eigenvalue weighted by Gasteiger charge is 2.05. The highest BCUT2D eigenvalue weighted by atomic mass is 35.5. The van der Waals surface area contributed by atoms with E-state index in [9.17, 15) is 9.18 Å². The molecule has 0 bridgehead atoms. The summed E-state index contributed by atoms with van der Waals surface area (Å²) in [5.41, 5.74) is 2.82. The SMILES string of the molecule is O=C(O)c1ccc(C[n+]2ccc(/C=C\c3ccccc3F)cc2)cc1.[Cl-]. The summed E-state index contributed by atoms with van der Waals surface area (Å²) in [6.07, 6.45) is 7.49. The lowest BCUT2D eigenvalue weighted by Gasteiger charge is -2.00. The highest BCUT2D eigenvalue weighted by molar-refractivity contribution is 5.87. The molecule has 1 N–H and O–H groups in total.